The van der Waals surface area contributed by atoms with Crippen molar-refractivity contribution in [2.75, 3.05) is 25.9 Å². The monoisotopic (exact) mass is 569 g/mol. The standard InChI is InChI=1S/C25H35N3O2S.HI/c1-4-22-18-28(16-15-24(22)23-9-7-6-8-10-23)25(26-5-2)27-17-20-11-13-21(14-12-20)19-31(3,29)30;/h6-14,22,24H,4-5,15-19H2,1-3H3,(H,26,27);1H. The molecule has 0 saturated carbocycles. The van der Waals surface area contributed by atoms with Gasteiger partial charge >= 0.3 is 0 Å². The van der Waals surface area contributed by atoms with Gasteiger partial charge in [0.25, 0.3) is 0 Å². The number of nitrogens with zero attached hydrogens (tertiary/aromatic N) is 2. The molecule has 1 N–H and O–H groups in total. The maximum atomic E-state index is 11.5. The summed E-state index contributed by atoms with van der Waals surface area (Å²) in [6.07, 6.45) is 3.54. The number of hydrogen-bond donors (Lipinski definition) is 1. The Kier molecular flexibility index (Phi) is 10.5. The van der Waals surface area contributed by atoms with Gasteiger partial charge in [0.15, 0.2) is 15.8 Å². The van der Waals surface area contributed by atoms with Crippen molar-refractivity contribution in [3.05, 3.63) is 71.3 Å². The molecule has 1 heterocycles. The Morgan fingerprint density at radius 1 is 1.06 bits per heavy atom. The molecule has 7 heteroatoms. The topological polar surface area (TPSA) is 61.8 Å². The van der Waals surface area contributed by atoms with Gasteiger partial charge in [0, 0.05) is 25.9 Å². The third kappa shape index (κ3) is 7.76. The van der Waals surface area contributed by atoms with Crippen molar-refractivity contribution in [2.24, 2.45) is 10.9 Å². The molecule has 2 unspecified atom stereocenters. The molecular weight excluding hydrogens is 533 g/mol. The molecule has 0 aliphatic carbocycles. The Bertz CT molecular complexity index is 962. The fourth-order valence-corrected chi connectivity index (χ4v) is 5.21. The van der Waals surface area contributed by atoms with E-state index in [1.54, 1.807) is 0 Å². The summed E-state index contributed by atoms with van der Waals surface area (Å²) in [5.74, 6) is 2.25. The highest BCUT2D eigenvalue weighted by atomic mass is 127. The molecule has 1 fully saturated rings. The third-order valence-corrected chi connectivity index (χ3v) is 6.84. The molecule has 1 aliphatic heterocycles. The molecule has 5 nitrogen and oxygen atoms in total. The van der Waals surface area contributed by atoms with Crippen LogP contribution >= 0.6 is 24.0 Å². The summed E-state index contributed by atoms with van der Waals surface area (Å²) in [6.45, 7) is 7.80. The van der Waals surface area contributed by atoms with Gasteiger partial charge in [-0.1, -0.05) is 67.9 Å². The van der Waals surface area contributed by atoms with Crippen LogP contribution in [0.5, 0.6) is 0 Å². The Labute approximate surface area is 210 Å². The summed E-state index contributed by atoms with van der Waals surface area (Å²) < 4.78 is 23.0. The van der Waals surface area contributed by atoms with E-state index in [-0.39, 0.29) is 29.7 Å². The number of likely N-dealkylation sites (tertiary alicyclic amines) is 1. The largest absolute Gasteiger partial charge is 0.357 e. The van der Waals surface area contributed by atoms with E-state index in [2.05, 4.69) is 54.4 Å². The Hall–Kier alpha value is -1.61. The van der Waals surface area contributed by atoms with Gasteiger partial charge in [-0.05, 0) is 41.9 Å². The highest BCUT2D eigenvalue weighted by molar-refractivity contribution is 14.0. The molecule has 0 bridgehead atoms. The van der Waals surface area contributed by atoms with E-state index in [0.717, 1.165) is 49.6 Å². The number of sulfone groups is 1. The highest BCUT2D eigenvalue weighted by Crippen LogP contribution is 2.34. The van der Waals surface area contributed by atoms with Crippen LogP contribution in [0, 0.1) is 5.92 Å². The zero-order valence-electron chi connectivity index (χ0n) is 19.3. The lowest BCUT2D eigenvalue weighted by molar-refractivity contribution is 0.215. The van der Waals surface area contributed by atoms with E-state index < -0.39 is 9.84 Å². The predicted octanol–water partition coefficient (Wildman–Crippen LogP) is 4.83. The first kappa shape index (κ1) is 26.6. The van der Waals surface area contributed by atoms with E-state index in [1.807, 2.05) is 24.3 Å². The first-order chi connectivity index (χ1) is 14.9. The number of nitrogens with one attached hydrogen (secondary N) is 1. The van der Waals surface area contributed by atoms with Crippen molar-refractivity contribution in [2.45, 2.75) is 44.9 Å². The van der Waals surface area contributed by atoms with Crippen molar-refractivity contribution in [3.8, 4) is 0 Å². The minimum Gasteiger partial charge on any atom is -0.357 e. The summed E-state index contributed by atoms with van der Waals surface area (Å²) in [4.78, 5) is 7.29. The maximum absolute atomic E-state index is 11.5. The minimum atomic E-state index is -3.01. The predicted molar refractivity (Wildman–Crippen MR) is 144 cm³/mol. The Morgan fingerprint density at radius 3 is 2.31 bits per heavy atom. The van der Waals surface area contributed by atoms with Crippen molar-refractivity contribution in [1.82, 2.24) is 10.2 Å². The smallest absolute Gasteiger partial charge is 0.194 e. The molecule has 2 aromatic carbocycles. The van der Waals surface area contributed by atoms with Crippen LogP contribution < -0.4 is 5.32 Å². The van der Waals surface area contributed by atoms with Crippen LogP contribution in [-0.2, 0) is 22.1 Å². The lowest BCUT2D eigenvalue weighted by Gasteiger charge is -2.40. The summed E-state index contributed by atoms with van der Waals surface area (Å²) >= 11 is 0. The molecule has 3 rings (SSSR count). The van der Waals surface area contributed by atoms with Crippen molar-refractivity contribution in [1.29, 1.82) is 0 Å². The molecule has 176 valence electrons. The molecule has 32 heavy (non-hydrogen) atoms. The molecule has 1 aliphatic rings. The fourth-order valence-electron chi connectivity index (χ4n) is 4.41. The van der Waals surface area contributed by atoms with Crippen LogP contribution in [0.1, 0.15) is 49.3 Å². The van der Waals surface area contributed by atoms with Crippen LogP contribution in [0.3, 0.4) is 0 Å². The Balaban J connectivity index is 0.00000363. The second-order valence-electron chi connectivity index (χ2n) is 8.48. The van der Waals surface area contributed by atoms with Crippen LogP contribution in [0.2, 0.25) is 0 Å². The van der Waals surface area contributed by atoms with Gasteiger partial charge in [-0.25, -0.2) is 13.4 Å². The average molecular weight is 570 g/mol. The molecule has 0 amide bonds. The van der Waals surface area contributed by atoms with Crippen molar-refractivity contribution >= 4 is 39.8 Å². The zero-order chi connectivity index (χ0) is 22.3. The number of rotatable bonds is 7. The second-order valence-corrected chi connectivity index (χ2v) is 10.6. The van der Waals surface area contributed by atoms with E-state index in [0.29, 0.717) is 18.4 Å². The normalized spacial score (nSPS) is 19.3. The summed E-state index contributed by atoms with van der Waals surface area (Å²) in [5, 5.41) is 3.46. The second kappa shape index (κ2) is 12.6. The van der Waals surface area contributed by atoms with Crippen molar-refractivity contribution in [3.63, 3.8) is 0 Å². The minimum absolute atomic E-state index is 0. The molecule has 2 aromatic rings. The lowest BCUT2D eigenvalue weighted by Crippen LogP contribution is -2.48. The number of halogens is 1. The molecule has 1 saturated heterocycles. The summed E-state index contributed by atoms with van der Waals surface area (Å²) in [6, 6.07) is 18.6. The number of piperidine rings is 1. The highest BCUT2D eigenvalue weighted by Gasteiger charge is 2.30. The maximum Gasteiger partial charge on any atom is 0.194 e. The van der Waals surface area contributed by atoms with Gasteiger partial charge in [-0.3, -0.25) is 0 Å². The summed E-state index contributed by atoms with van der Waals surface area (Å²) in [5.41, 5.74) is 3.35. The van der Waals surface area contributed by atoms with Gasteiger partial charge in [-0.15, -0.1) is 24.0 Å². The van der Waals surface area contributed by atoms with Crippen molar-refractivity contribution < 1.29 is 8.42 Å². The number of benzene rings is 2. The summed E-state index contributed by atoms with van der Waals surface area (Å²) in [7, 11) is -3.01. The molecule has 2 atom stereocenters. The zero-order valence-corrected chi connectivity index (χ0v) is 22.5. The lowest BCUT2D eigenvalue weighted by atomic mass is 9.79. The van der Waals surface area contributed by atoms with Crippen LogP contribution in [0.15, 0.2) is 59.6 Å². The molecule has 0 radical (unpaired) electrons. The van der Waals surface area contributed by atoms with E-state index >= 15 is 0 Å². The number of hydrogen-bond acceptors (Lipinski definition) is 3. The van der Waals surface area contributed by atoms with Gasteiger partial charge in [0.1, 0.15) is 0 Å². The molecule has 0 spiro atoms. The first-order valence-electron chi connectivity index (χ1n) is 11.2. The SMILES string of the molecule is CCNC(=NCc1ccc(CS(C)(=O)=O)cc1)N1CCC(c2ccccc2)C(CC)C1.I. The molecular formula is C25H36IN3O2S. The average Bonchev–Trinajstić information content (AvgIpc) is 2.77. The van der Waals surface area contributed by atoms with Gasteiger partial charge < -0.3 is 10.2 Å². The third-order valence-electron chi connectivity index (χ3n) is 5.98. The molecule has 0 aromatic heterocycles. The number of guanidine groups is 1. The van der Waals surface area contributed by atoms with Crippen LogP contribution in [0.25, 0.3) is 0 Å². The number of aliphatic imine (C=N–C) groups is 1. The van der Waals surface area contributed by atoms with Gasteiger partial charge in [0.05, 0.1) is 12.3 Å². The van der Waals surface area contributed by atoms with E-state index in [1.165, 1.54) is 11.8 Å². The quantitative estimate of drug-likeness (QED) is 0.295. The van der Waals surface area contributed by atoms with E-state index in [9.17, 15) is 8.42 Å². The first-order valence-corrected chi connectivity index (χ1v) is 13.3. The van der Waals surface area contributed by atoms with Crippen LogP contribution in [-0.4, -0.2) is 45.2 Å². The van der Waals surface area contributed by atoms with Crippen LogP contribution in [0.4, 0.5) is 0 Å². The van der Waals surface area contributed by atoms with Gasteiger partial charge in [0.2, 0.25) is 0 Å². The van der Waals surface area contributed by atoms with Gasteiger partial charge in [-0.2, -0.15) is 0 Å². The van der Waals surface area contributed by atoms with E-state index in [4.69, 9.17) is 4.99 Å². The Morgan fingerprint density at radius 2 is 1.72 bits per heavy atom. The fraction of sp³-hybridized carbons (Fsp3) is 0.480.